The Morgan fingerprint density at radius 3 is 2.48 bits per heavy atom. The van der Waals surface area contributed by atoms with Crippen molar-refractivity contribution in [2.45, 2.75) is 20.4 Å². The van der Waals surface area contributed by atoms with Crippen LogP contribution in [0.4, 0.5) is 4.39 Å². The predicted octanol–water partition coefficient (Wildman–Crippen LogP) is 4.90. The molecule has 3 nitrogen and oxygen atoms in total. The van der Waals surface area contributed by atoms with Crippen LogP contribution in [0.3, 0.4) is 0 Å². The van der Waals surface area contributed by atoms with Crippen LogP contribution in [-0.2, 0) is 6.54 Å². The maximum absolute atomic E-state index is 14.2. The maximum Gasteiger partial charge on any atom is 0.222 e. The first-order valence-corrected chi connectivity index (χ1v) is 8.26. The Morgan fingerprint density at radius 2 is 1.72 bits per heavy atom. The minimum absolute atomic E-state index is 0.428. The third-order valence-electron chi connectivity index (χ3n) is 4.38. The van der Waals surface area contributed by atoms with E-state index in [2.05, 4.69) is 34.8 Å². The van der Waals surface area contributed by atoms with E-state index in [0.29, 0.717) is 17.0 Å². The molecule has 0 aliphatic rings. The van der Waals surface area contributed by atoms with Crippen LogP contribution in [0.2, 0.25) is 0 Å². The van der Waals surface area contributed by atoms with Crippen LogP contribution in [0.25, 0.3) is 22.3 Å². The molecule has 0 radical (unpaired) electrons. The third kappa shape index (κ3) is 2.91. The van der Waals surface area contributed by atoms with Gasteiger partial charge in [-0.15, -0.1) is 0 Å². The van der Waals surface area contributed by atoms with Gasteiger partial charge in [0.2, 0.25) is 5.95 Å². The second kappa shape index (κ2) is 6.13. The standard InChI is InChI=1S/C21H18FN3/c1-14-12-25(13-16-6-4-3-5-7-16)21-17(14)10-11-19(24-21)18-9-8-15(2)23-20(18)22/h3-12H,13H2,1-2H3. The smallest absolute Gasteiger partial charge is 0.222 e. The molecule has 0 bridgehead atoms. The van der Waals surface area contributed by atoms with Gasteiger partial charge in [0.25, 0.3) is 0 Å². The summed E-state index contributed by atoms with van der Waals surface area (Å²) in [4.78, 5) is 8.65. The van der Waals surface area contributed by atoms with Crippen molar-refractivity contribution in [2.24, 2.45) is 0 Å². The molecule has 0 amide bonds. The fourth-order valence-electron chi connectivity index (χ4n) is 3.11. The molecular formula is C21H18FN3. The fraction of sp³-hybridized carbons (Fsp3) is 0.143. The highest BCUT2D eigenvalue weighted by molar-refractivity contribution is 5.83. The quantitative estimate of drug-likeness (QED) is 0.500. The van der Waals surface area contributed by atoms with Crippen LogP contribution < -0.4 is 0 Å². The van der Waals surface area contributed by atoms with Gasteiger partial charge in [-0.3, -0.25) is 0 Å². The van der Waals surface area contributed by atoms with Gasteiger partial charge >= 0.3 is 0 Å². The molecule has 0 saturated carbocycles. The highest BCUT2D eigenvalue weighted by Crippen LogP contribution is 2.26. The van der Waals surface area contributed by atoms with Gasteiger partial charge in [0, 0.05) is 23.8 Å². The summed E-state index contributed by atoms with van der Waals surface area (Å²) < 4.78 is 16.3. The number of benzene rings is 1. The Bertz CT molecular complexity index is 1050. The highest BCUT2D eigenvalue weighted by atomic mass is 19.1. The number of rotatable bonds is 3. The predicted molar refractivity (Wildman–Crippen MR) is 97.9 cm³/mol. The molecule has 0 atom stereocenters. The summed E-state index contributed by atoms with van der Waals surface area (Å²) in [7, 11) is 0. The van der Waals surface area contributed by atoms with E-state index in [1.165, 1.54) is 5.56 Å². The minimum Gasteiger partial charge on any atom is -0.328 e. The molecule has 25 heavy (non-hydrogen) atoms. The van der Waals surface area contributed by atoms with E-state index in [1.807, 2.05) is 30.3 Å². The number of hydrogen-bond donors (Lipinski definition) is 0. The summed E-state index contributed by atoms with van der Waals surface area (Å²) in [6.45, 7) is 4.58. The van der Waals surface area contributed by atoms with Gasteiger partial charge in [0.15, 0.2) is 0 Å². The Morgan fingerprint density at radius 1 is 0.920 bits per heavy atom. The van der Waals surface area contributed by atoms with E-state index >= 15 is 0 Å². The molecule has 0 saturated heterocycles. The third-order valence-corrected chi connectivity index (χ3v) is 4.38. The minimum atomic E-state index is -0.482. The Hall–Kier alpha value is -3.01. The van der Waals surface area contributed by atoms with Gasteiger partial charge in [-0.2, -0.15) is 4.39 Å². The zero-order valence-electron chi connectivity index (χ0n) is 14.2. The lowest BCUT2D eigenvalue weighted by atomic mass is 10.1. The van der Waals surface area contributed by atoms with Crippen molar-refractivity contribution in [1.29, 1.82) is 0 Å². The number of halogens is 1. The average Bonchev–Trinajstić information content (AvgIpc) is 2.91. The maximum atomic E-state index is 14.2. The van der Waals surface area contributed by atoms with Crippen molar-refractivity contribution >= 4 is 11.0 Å². The van der Waals surface area contributed by atoms with Crippen molar-refractivity contribution < 1.29 is 4.39 Å². The highest BCUT2D eigenvalue weighted by Gasteiger charge is 2.12. The number of nitrogens with zero attached hydrogens (tertiary/aromatic N) is 3. The lowest BCUT2D eigenvalue weighted by Crippen LogP contribution is -2.00. The number of fused-ring (bicyclic) bond motifs is 1. The van der Waals surface area contributed by atoms with Crippen LogP contribution in [0.1, 0.15) is 16.8 Å². The van der Waals surface area contributed by atoms with Gasteiger partial charge in [0.1, 0.15) is 5.65 Å². The molecule has 124 valence electrons. The SMILES string of the molecule is Cc1ccc(-c2ccc3c(C)cn(Cc4ccccc4)c3n2)c(F)n1. The lowest BCUT2D eigenvalue weighted by molar-refractivity contribution is 0.583. The second-order valence-corrected chi connectivity index (χ2v) is 6.28. The zero-order chi connectivity index (χ0) is 17.4. The molecule has 3 heterocycles. The van der Waals surface area contributed by atoms with Crippen LogP contribution >= 0.6 is 0 Å². The first-order chi connectivity index (χ1) is 12.1. The molecule has 0 N–H and O–H groups in total. The molecule has 4 rings (SSSR count). The van der Waals surface area contributed by atoms with E-state index in [1.54, 1.807) is 19.1 Å². The largest absolute Gasteiger partial charge is 0.328 e. The summed E-state index contributed by atoms with van der Waals surface area (Å²) in [5.74, 6) is -0.482. The molecule has 0 unspecified atom stereocenters. The van der Waals surface area contributed by atoms with E-state index < -0.39 is 5.95 Å². The average molecular weight is 331 g/mol. The molecule has 3 aromatic heterocycles. The Kier molecular flexibility index (Phi) is 3.80. The Labute approximate surface area is 145 Å². The van der Waals surface area contributed by atoms with Crippen molar-refractivity contribution in [1.82, 2.24) is 14.5 Å². The lowest BCUT2D eigenvalue weighted by Gasteiger charge is -2.07. The molecule has 0 fully saturated rings. The first-order valence-electron chi connectivity index (χ1n) is 8.26. The zero-order valence-corrected chi connectivity index (χ0v) is 14.2. The topological polar surface area (TPSA) is 30.7 Å². The van der Waals surface area contributed by atoms with Gasteiger partial charge in [-0.1, -0.05) is 30.3 Å². The van der Waals surface area contributed by atoms with Crippen molar-refractivity contribution in [2.75, 3.05) is 0 Å². The first kappa shape index (κ1) is 15.5. The summed E-state index contributed by atoms with van der Waals surface area (Å²) in [5, 5.41) is 1.08. The number of pyridine rings is 2. The molecule has 4 heteroatoms. The number of aromatic nitrogens is 3. The van der Waals surface area contributed by atoms with Gasteiger partial charge in [-0.25, -0.2) is 9.97 Å². The number of aryl methyl sites for hydroxylation is 2. The molecule has 4 aromatic rings. The molecule has 0 spiro atoms. The van der Waals surface area contributed by atoms with Crippen LogP contribution in [0.15, 0.2) is 60.8 Å². The van der Waals surface area contributed by atoms with Crippen LogP contribution in [0, 0.1) is 19.8 Å². The van der Waals surface area contributed by atoms with Crippen LogP contribution in [0.5, 0.6) is 0 Å². The summed E-state index contributed by atoms with van der Waals surface area (Å²) in [6, 6.07) is 17.7. The van der Waals surface area contributed by atoms with Gasteiger partial charge in [0.05, 0.1) is 11.3 Å². The normalized spacial score (nSPS) is 11.2. The number of hydrogen-bond acceptors (Lipinski definition) is 2. The van der Waals surface area contributed by atoms with Crippen molar-refractivity contribution in [3.63, 3.8) is 0 Å². The molecule has 0 aliphatic carbocycles. The van der Waals surface area contributed by atoms with Gasteiger partial charge in [-0.05, 0) is 49.2 Å². The second-order valence-electron chi connectivity index (χ2n) is 6.28. The molecule has 0 aliphatic heterocycles. The summed E-state index contributed by atoms with van der Waals surface area (Å²) in [5.41, 5.74) is 4.91. The van der Waals surface area contributed by atoms with E-state index in [0.717, 1.165) is 23.1 Å². The summed E-state index contributed by atoms with van der Waals surface area (Å²) in [6.07, 6.45) is 2.10. The fourth-order valence-corrected chi connectivity index (χ4v) is 3.11. The Balaban J connectivity index is 1.83. The van der Waals surface area contributed by atoms with Crippen LogP contribution in [-0.4, -0.2) is 14.5 Å². The molecular weight excluding hydrogens is 313 g/mol. The molecule has 1 aromatic carbocycles. The summed E-state index contributed by atoms with van der Waals surface area (Å²) >= 11 is 0. The van der Waals surface area contributed by atoms with E-state index in [-0.39, 0.29) is 0 Å². The van der Waals surface area contributed by atoms with E-state index in [4.69, 9.17) is 4.98 Å². The van der Waals surface area contributed by atoms with E-state index in [9.17, 15) is 4.39 Å². The monoisotopic (exact) mass is 331 g/mol. The van der Waals surface area contributed by atoms with Crippen molar-refractivity contribution in [3.8, 4) is 11.3 Å². The van der Waals surface area contributed by atoms with Crippen molar-refractivity contribution in [3.05, 3.63) is 83.6 Å². The van der Waals surface area contributed by atoms with Gasteiger partial charge < -0.3 is 4.57 Å².